The van der Waals surface area contributed by atoms with Gasteiger partial charge in [-0.05, 0) is 42.7 Å². The molecule has 0 amide bonds. The van der Waals surface area contributed by atoms with Gasteiger partial charge in [-0.15, -0.1) is 0 Å². The van der Waals surface area contributed by atoms with E-state index in [0.717, 1.165) is 6.07 Å². The van der Waals surface area contributed by atoms with Gasteiger partial charge < -0.3 is 19.9 Å². The Hall–Kier alpha value is -4.13. The van der Waals surface area contributed by atoms with Crippen LogP contribution in [0.5, 0.6) is 17.2 Å². The lowest BCUT2D eigenvalue weighted by molar-refractivity contribution is -0.137. The number of allylic oxidation sites excluding steroid dienone is 3. The Labute approximate surface area is 206 Å². The Morgan fingerprint density at radius 1 is 1.06 bits per heavy atom. The number of benzene rings is 2. The van der Waals surface area contributed by atoms with Crippen LogP contribution in [0.15, 0.2) is 59.1 Å². The molecule has 0 saturated heterocycles. The van der Waals surface area contributed by atoms with E-state index in [4.69, 9.17) is 19.9 Å². The van der Waals surface area contributed by atoms with Crippen molar-refractivity contribution in [3.8, 4) is 23.3 Å². The molecule has 0 unspecified atom stereocenters. The van der Waals surface area contributed by atoms with Crippen molar-refractivity contribution in [1.29, 1.82) is 5.26 Å². The lowest BCUT2D eigenvalue weighted by Gasteiger charge is -2.40. The first-order chi connectivity index (χ1) is 17.2. The number of halogens is 3. The number of Topliss-reactive ketones (excluding diaryl/α,β-unsaturated/α-hetero) is 1. The van der Waals surface area contributed by atoms with E-state index in [1.807, 2.05) is 6.07 Å². The molecule has 0 radical (unpaired) electrons. The maximum atomic E-state index is 13.9. The summed E-state index contributed by atoms with van der Waals surface area (Å²) in [5, 5.41) is 10.2. The predicted octanol–water partition coefficient (Wildman–Crippen LogP) is 5.04. The highest BCUT2D eigenvalue weighted by Gasteiger charge is 2.43. The van der Waals surface area contributed by atoms with E-state index < -0.39 is 17.7 Å². The third-order valence-electron chi connectivity index (χ3n) is 6.38. The molecule has 1 aliphatic heterocycles. The van der Waals surface area contributed by atoms with E-state index in [-0.39, 0.29) is 34.9 Å². The van der Waals surface area contributed by atoms with E-state index in [2.05, 4.69) is 0 Å². The van der Waals surface area contributed by atoms with Crippen LogP contribution in [0.1, 0.15) is 36.3 Å². The number of nitrogens with two attached hydrogens (primary N) is 1. The molecular weight excluding hydrogens is 475 g/mol. The standard InChI is InChI=1S/C26H24F3N3O4/c1-34-20-11-14(12-21(35-2)24(20)36-3)22-15(13-30)25(31)32(18-9-6-10-19(33)23(18)22)17-8-5-4-7-16(17)26(27,28)29/h4-5,7-8,11-12,22H,6,9-10,31H2,1-3H3/t22-/m1/s1. The van der Waals surface area contributed by atoms with Crippen LogP contribution in [0.4, 0.5) is 18.9 Å². The van der Waals surface area contributed by atoms with Gasteiger partial charge >= 0.3 is 6.18 Å². The second-order valence-corrected chi connectivity index (χ2v) is 8.29. The summed E-state index contributed by atoms with van der Waals surface area (Å²) in [6.07, 6.45) is -3.71. The quantitative estimate of drug-likeness (QED) is 0.616. The summed E-state index contributed by atoms with van der Waals surface area (Å²) in [6.45, 7) is 0. The van der Waals surface area contributed by atoms with Crippen LogP contribution in [0.2, 0.25) is 0 Å². The van der Waals surface area contributed by atoms with E-state index in [9.17, 15) is 23.2 Å². The van der Waals surface area contributed by atoms with Crippen LogP contribution < -0.4 is 24.8 Å². The molecule has 1 heterocycles. The first-order valence-corrected chi connectivity index (χ1v) is 11.1. The zero-order valence-corrected chi connectivity index (χ0v) is 19.9. The van der Waals surface area contributed by atoms with Gasteiger partial charge in [0.2, 0.25) is 5.75 Å². The zero-order chi connectivity index (χ0) is 26.2. The number of carbonyl (C=O) groups is 1. The van der Waals surface area contributed by atoms with Crippen LogP contribution in [-0.2, 0) is 11.0 Å². The lowest BCUT2D eigenvalue weighted by Crippen LogP contribution is -2.39. The third kappa shape index (κ3) is 4.00. The van der Waals surface area contributed by atoms with Gasteiger partial charge in [0, 0.05) is 17.7 Å². The van der Waals surface area contributed by atoms with Crippen molar-refractivity contribution in [3.05, 3.63) is 70.2 Å². The summed E-state index contributed by atoms with van der Waals surface area (Å²) in [5.74, 6) is -0.414. The topological polar surface area (TPSA) is 97.8 Å². The molecule has 36 heavy (non-hydrogen) atoms. The molecule has 0 bridgehead atoms. The van der Waals surface area contributed by atoms with E-state index in [0.29, 0.717) is 41.4 Å². The Kier molecular flexibility index (Phi) is 6.59. The van der Waals surface area contributed by atoms with Crippen molar-refractivity contribution < 1.29 is 32.2 Å². The molecule has 0 fully saturated rings. The lowest BCUT2D eigenvalue weighted by atomic mass is 9.75. The number of carbonyl (C=O) groups excluding carboxylic acids is 1. The van der Waals surface area contributed by atoms with E-state index in [1.54, 1.807) is 12.1 Å². The summed E-state index contributed by atoms with van der Waals surface area (Å²) in [4.78, 5) is 14.5. The summed E-state index contributed by atoms with van der Waals surface area (Å²) in [7, 11) is 4.31. The number of nitriles is 1. The molecule has 0 spiro atoms. The fourth-order valence-electron chi connectivity index (χ4n) is 4.87. The number of para-hydroxylation sites is 1. The SMILES string of the molecule is COc1cc([C@@H]2C(C#N)=C(N)N(c3ccccc3C(F)(F)F)C3=C2C(=O)CCC3)cc(OC)c1OC. The van der Waals surface area contributed by atoms with Crippen molar-refractivity contribution in [3.63, 3.8) is 0 Å². The number of alkyl halides is 3. The van der Waals surface area contributed by atoms with E-state index >= 15 is 0 Å². The summed E-state index contributed by atoms with van der Waals surface area (Å²) in [6, 6.07) is 10.2. The molecule has 1 aliphatic carbocycles. The van der Waals surface area contributed by atoms with Crippen molar-refractivity contribution in [2.24, 2.45) is 5.73 Å². The summed E-state index contributed by atoms with van der Waals surface area (Å²) in [5.41, 5.74) is 6.29. The molecular formula is C26H24F3N3O4. The Bertz CT molecular complexity index is 1300. The van der Waals surface area contributed by atoms with Crippen molar-refractivity contribution >= 4 is 11.5 Å². The molecule has 4 rings (SSSR count). The van der Waals surface area contributed by atoms with Crippen LogP contribution in [0, 0.1) is 11.3 Å². The third-order valence-corrected chi connectivity index (χ3v) is 6.38. The molecule has 2 aliphatic rings. The smallest absolute Gasteiger partial charge is 0.418 e. The molecule has 10 heteroatoms. The van der Waals surface area contributed by atoms with Gasteiger partial charge in [0.1, 0.15) is 5.82 Å². The number of ether oxygens (including phenoxy) is 3. The monoisotopic (exact) mass is 499 g/mol. The maximum Gasteiger partial charge on any atom is 0.418 e. The molecule has 188 valence electrons. The maximum absolute atomic E-state index is 13.9. The average Bonchev–Trinajstić information content (AvgIpc) is 2.86. The molecule has 0 saturated carbocycles. The summed E-state index contributed by atoms with van der Waals surface area (Å²) >= 11 is 0. The summed E-state index contributed by atoms with van der Waals surface area (Å²) < 4.78 is 58.0. The predicted molar refractivity (Wildman–Crippen MR) is 125 cm³/mol. The van der Waals surface area contributed by atoms with Gasteiger partial charge in [0.25, 0.3) is 0 Å². The van der Waals surface area contributed by atoms with Gasteiger partial charge in [-0.1, -0.05) is 12.1 Å². The number of nitrogens with zero attached hydrogens (tertiary/aromatic N) is 2. The fourth-order valence-corrected chi connectivity index (χ4v) is 4.87. The first kappa shape index (κ1) is 25.0. The molecule has 7 nitrogen and oxygen atoms in total. The highest BCUT2D eigenvalue weighted by molar-refractivity contribution is 6.01. The van der Waals surface area contributed by atoms with Crippen molar-refractivity contribution in [2.75, 3.05) is 26.2 Å². The van der Waals surface area contributed by atoms with Crippen molar-refractivity contribution in [2.45, 2.75) is 31.4 Å². The zero-order valence-electron chi connectivity index (χ0n) is 19.9. The Morgan fingerprint density at radius 3 is 2.25 bits per heavy atom. The average molecular weight is 499 g/mol. The number of methoxy groups -OCH3 is 3. The second kappa shape index (κ2) is 9.49. The normalized spacial score (nSPS) is 18.1. The minimum atomic E-state index is -4.67. The van der Waals surface area contributed by atoms with Crippen molar-refractivity contribution in [1.82, 2.24) is 0 Å². The van der Waals surface area contributed by atoms with Crippen LogP contribution in [-0.4, -0.2) is 27.1 Å². The number of hydrogen-bond donors (Lipinski definition) is 1. The fraction of sp³-hybridized carbons (Fsp3) is 0.308. The van der Waals surface area contributed by atoms with Gasteiger partial charge in [0.05, 0.1) is 50.1 Å². The minimum Gasteiger partial charge on any atom is -0.493 e. The van der Waals surface area contributed by atoms with Crippen LogP contribution >= 0.6 is 0 Å². The number of hydrogen-bond acceptors (Lipinski definition) is 7. The van der Waals surface area contributed by atoms with Crippen LogP contribution in [0.25, 0.3) is 0 Å². The molecule has 1 atom stereocenters. The second-order valence-electron chi connectivity index (χ2n) is 8.29. The number of anilines is 1. The first-order valence-electron chi connectivity index (χ1n) is 11.1. The number of ketones is 1. The number of rotatable bonds is 5. The van der Waals surface area contributed by atoms with Gasteiger partial charge in [-0.25, -0.2) is 0 Å². The molecule has 2 N–H and O–H groups in total. The molecule has 2 aromatic rings. The minimum absolute atomic E-state index is 0.0461. The van der Waals surface area contributed by atoms with Crippen LogP contribution in [0.3, 0.4) is 0 Å². The van der Waals surface area contributed by atoms with E-state index in [1.165, 1.54) is 44.4 Å². The van der Waals surface area contributed by atoms with Gasteiger partial charge in [-0.2, -0.15) is 18.4 Å². The highest BCUT2D eigenvalue weighted by atomic mass is 19.4. The van der Waals surface area contributed by atoms with Gasteiger partial charge in [0.15, 0.2) is 17.3 Å². The Balaban J connectivity index is 2.02. The largest absolute Gasteiger partial charge is 0.493 e. The Morgan fingerprint density at radius 2 is 1.69 bits per heavy atom. The highest BCUT2D eigenvalue weighted by Crippen LogP contribution is 2.50. The molecule has 2 aromatic carbocycles. The molecule has 0 aromatic heterocycles. The van der Waals surface area contributed by atoms with Gasteiger partial charge in [-0.3, -0.25) is 9.69 Å².